The molecule has 0 heterocycles. The Morgan fingerprint density at radius 2 is 0.524 bits per heavy atom. The minimum Gasteiger partial charge on any atom is -0.462 e. The third-order valence-corrected chi connectivity index (χ3v) is 13.0. The highest BCUT2D eigenvalue weighted by atomic mass is 16.6. The van der Waals surface area contributed by atoms with Crippen LogP contribution in [0, 0.1) is 5.92 Å². The van der Waals surface area contributed by atoms with Crippen molar-refractivity contribution >= 4 is 17.9 Å². The molecule has 0 aromatic rings. The monoisotopic (exact) mass is 891 g/mol. The highest BCUT2D eigenvalue weighted by molar-refractivity contribution is 5.71. The second kappa shape index (κ2) is 51.4. The van der Waals surface area contributed by atoms with Gasteiger partial charge in [-0.15, -0.1) is 0 Å². The second-order valence-electron chi connectivity index (χ2n) is 20.1. The van der Waals surface area contributed by atoms with E-state index < -0.39 is 6.10 Å². The van der Waals surface area contributed by atoms with E-state index in [2.05, 4.69) is 27.7 Å². The van der Waals surface area contributed by atoms with Crippen molar-refractivity contribution in [1.29, 1.82) is 0 Å². The molecule has 0 saturated carbocycles. The number of hydrogen-bond donors (Lipinski definition) is 0. The lowest BCUT2D eigenvalue weighted by Crippen LogP contribution is -2.30. The van der Waals surface area contributed by atoms with Gasteiger partial charge in [-0.3, -0.25) is 14.4 Å². The Bertz CT molecular complexity index is 949. The summed E-state index contributed by atoms with van der Waals surface area (Å²) in [6.45, 7) is 9.06. The predicted octanol–water partition coefficient (Wildman–Crippen LogP) is 18.6. The fourth-order valence-electron chi connectivity index (χ4n) is 8.75. The Kier molecular flexibility index (Phi) is 50.1. The standard InChI is InChI=1S/C57H110O6/c1-5-7-9-11-13-15-17-28-32-36-40-44-48-55(58)61-51-54(63-57(60)50-46-42-38-34-29-18-16-14-12-10-8-6-2)52-62-56(59)49-45-41-37-33-30-26-24-22-20-19-21-23-25-27-31-35-39-43-47-53(3)4/h53-54H,5-52H2,1-4H3/t54-/m0/s1. The molecule has 0 rings (SSSR count). The zero-order valence-corrected chi connectivity index (χ0v) is 43.0. The van der Waals surface area contributed by atoms with Crippen molar-refractivity contribution in [3.63, 3.8) is 0 Å². The predicted molar refractivity (Wildman–Crippen MR) is 270 cm³/mol. The van der Waals surface area contributed by atoms with Gasteiger partial charge in [0.25, 0.3) is 0 Å². The van der Waals surface area contributed by atoms with Gasteiger partial charge in [-0.2, -0.15) is 0 Å². The van der Waals surface area contributed by atoms with Crippen molar-refractivity contribution in [2.45, 2.75) is 329 Å². The first-order valence-electron chi connectivity index (χ1n) is 28.4. The van der Waals surface area contributed by atoms with Crippen LogP contribution in [0.2, 0.25) is 0 Å². The smallest absolute Gasteiger partial charge is 0.306 e. The molecule has 0 aliphatic heterocycles. The molecule has 374 valence electrons. The first kappa shape index (κ1) is 61.4. The molecular formula is C57H110O6. The number of carbonyl (C=O) groups is 3. The summed E-state index contributed by atoms with van der Waals surface area (Å²) >= 11 is 0. The van der Waals surface area contributed by atoms with E-state index in [4.69, 9.17) is 14.2 Å². The van der Waals surface area contributed by atoms with Gasteiger partial charge in [0.2, 0.25) is 0 Å². The van der Waals surface area contributed by atoms with Gasteiger partial charge in [-0.25, -0.2) is 0 Å². The van der Waals surface area contributed by atoms with E-state index in [1.54, 1.807) is 0 Å². The van der Waals surface area contributed by atoms with Crippen molar-refractivity contribution in [3.05, 3.63) is 0 Å². The van der Waals surface area contributed by atoms with Crippen LogP contribution in [0.1, 0.15) is 323 Å². The summed E-state index contributed by atoms with van der Waals surface area (Å²) in [5, 5.41) is 0. The van der Waals surface area contributed by atoms with Gasteiger partial charge in [0.15, 0.2) is 6.10 Å². The van der Waals surface area contributed by atoms with Gasteiger partial charge in [0, 0.05) is 19.3 Å². The third kappa shape index (κ3) is 51.3. The van der Waals surface area contributed by atoms with E-state index in [-0.39, 0.29) is 31.1 Å². The highest BCUT2D eigenvalue weighted by Crippen LogP contribution is 2.18. The molecule has 0 aliphatic carbocycles. The van der Waals surface area contributed by atoms with E-state index in [0.29, 0.717) is 19.3 Å². The molecule has 0 radical (unpaired) electrons. The number of hydrogen-bond acceptors (Lipinski definition) is 6. The zero-order chi connectivity index (χ0) is 45.9. The number of ether oxygens (including phenoxy) is 3. The van der Waals surface area contributed by atoms with Gasteiger partial charge in [0.05, 0.1) is 0 Å². The molecule has 0 amide bonds. The van der Waals surface area contributed by atoms with Crippen molar-refractivity contribution in [2.24, 2.45) is 5.92 Å². The van der Waals surface area contributed by atoms with Crippen LogP contribution in [0.3, 0.4) is 0 Å². The minimum atomic E-state index is -0.760. The van der Waals surface area contributed by atoms with Crippen LogP contribution >= 0.6 is 0 Å². The Labute approximate surface area is 393 Å². The molecule has 0 unspecified atom stereocenters. The summed E-state index contributed by atoms with van der Waals surface area (Å²) in [5.41, 5.74) is 0. The van der Waals surface area contributed by atoms with Crippen molar-refractivity contribution in [1.82, 2.24) is 0 Å². The number of esters is 3. The fourth-order valence-corrected chi connectivity index (χ4v) is 8.75. The fraction of sp³-hybridized carbons (Fsp3) is 0.947. The van der Waals surface area contributed by atoms with Crippen LogP contribution in [-0.4, -0.2) is 37.2 Å². The molecule has 0 fully saturated rings. The summed E-state index contributed by atoms with van der Waals surface area (Å²) in [7, 11) is 0. The zero-order valence-electron chi connectivity index (χ0n) is 43.0. The van der Waals surface area contributed by atoms with E-state index in [0.717, 1.165) is 63.7 Å². The van der Waals surface area contributed by atoms with Gasteiger partial charge in [-0.1, -0.05) is 285 Å². The average Bonchev–Trinajstić information content (AvgIpc) is 3.27. The Hall–Kier alpha value is -1.59. The van der Waals surface area contributed by atoms with E-state index >= 15 is 0 Å². The SMILES string of the molecule is CCCCCCCCCCCCCCC(=O)OC[C@@H](COC(=O)CCCCCCCCCCCCCCCCCCCCC(C)C)OC(=O)CCCCCCCCCCCCCC. The lowest BCUT2D eigenvalue weighted by molar-refractivity contribution is -0.167. The second-order valence-corrected chi connectivity index (χ2v) is 20.1. The lowest BCUT2D eigenvalue weighted by atomic mass is 10.0. The van der Waals surface area contributed by atoms with Crippen LogP contribution in [0.5, 0.6) is 0 Å². The minimum absolute atomic E-state index is 0.0619. The van der Waals surface area contributed by atoms with E-state index in [9.17, 15) is 14.4 Å². The quantitative estimate of drug-likeness (QED) is 0.0344. The number of rotatable bonds is 52. The van der Waals surface area contributed by atoms with Gasteiger partial charge in [-0.05, 0) is 25.2 Å². The molecule has 0 aromatic heterocycles. The molecule has 6 heteroatoms. The molecule has 63 heavy (non-hydrogen) atoms. The normalized spacial score (nSPS) is 12.0. The van der Waals surface area contributed by atoms with Crippen LogP contribution in [0.25, 0.3) is 0 Å². The summed E-state index contributed by atoms with van der Waals surface area (Å²) in [4.78, 5) is 38.0. The molecule has 0 saturated heterocycles. The molecule has 0 bridgehead atoms. The lowest BCUT2D eigenvalue weighted by Gasteiger charge is -2.18. The van der Waals surface area contributed by atoms with Crippen molar-refractivity contribution in [3.8, 4) is 0 Å². The maximum atomic E-state index is 12.8. The molecule has 0 aliphatic rings. The van der Waals surface area contributed by atoms with Gasteiger partial charge in [0.1, 0.15) is 13.2 Å². The van der Waals surface area contributed by atoms with E-state index in [1.165, 1.54) is 218 Å². The molecular weight excluding hydrogens is 781 g/mol. The molecule has 0 spiro atoms. The third-order valence-electron chi connectivity index (χ3n) is 13.0. The maximum Gasteiger partial charge on any atom is 0.306 e. The van der Waals surface area contributed by atoms with Gasteiger partial charge < -0.3 is 14.2 Å². The van der Waals surface area contributed by atoms with Gasteiger partial charge >= 0.3 is 17.9 Å². The number of carbonyl (C=O) groups excluding carboxylic acids is 3. The first-order chi connectivity index (χ1) is 30.9. The van der Waals surface area contributed by atoms with Crippen LogP contribution in [-0.2, 0) is 28.6 Å². The molecule has 1 atom stereocenters. The Balaban J connectivity index is 4.20. The number of unbranched alkanes of at least 4 members (excludes halogenated alkanes) is 39. The summed E-state index contributed by atoms with van der Waals surface area (Å²) < 4.78 is 16.8. The topological polar surface area (TPSA) is 78.9 Å². The first-order valence-corrected chi connectivity index (χ1v) is 28.4. The molecule has 0 N–H and O–H groups in total. The Morgan fingerprint density at radius 3 is 0.778 bits per heavy atom. The van der Waals surface area contributed by atoms with Crippen molar-refractivity contribution < 1.29 is 28.6 Å². The summed E-state index contributed by atoms with van der Waals surface area (Å²) in [6.07, 6.45) is 55.2. The van der Waals surface area contributed by atoms with Crippen LogP contribution in [0.4, 0.5) is 0 Å². The van der Waals surface area contributed by atoms with E-state index in [1.807, 2.05) is 0 Å². The summed E-state index contributed by atoms with van der Waals surface area (Å²) in [6, 6.07) is 0. The molecule has 0 aromatic carbocycles. The van der Waals surface area contributed by atoms with Crippen molar-refractivity contribution in [2.75, 3.05) is 13.2 Å². The molecule has 6 nitrogen and oxygen atoms in total. The largest absolute Gasteiger partial charge is 0.462 e. The van der Waals surface area contributed by atoms with Crippen LogP contribution in [0.15, 0.2) is 0 Å². The van der Waals surface area contributed by atoms with Crippen LogP contribution < -0.4 is 0 Å². The summed E-state index contributed by atoms with van der Waals surface area (Å²) in [5.74, 6) is 0.0212. The Morgan fingerprint density at radius 1 is 0.302 bits per heavy atom. The maximum absolute atomic E-state index is 12.8. The highest BCUT2D eigenvalue weighted by Gasteiger charge is 2.19. The average molecular weight is 892 g/mol.